The van der Waals surface area contributed by atoms with E-state index >= 15 is 0 Å². The fraction of sp³-hybridized carbons (Fsp3) is 0. The van der Waals surface area contributed by atoms with Gasteiger partial charge in [-0.25, -0.2) is 10.9 Å². The van der Waals surface area contributed by atoms with Crippen LogP contribution in [0.5, 0.6) is 0 Å². The van der Waals surface area contributed by atoms with Crippen molar-refractivity contribution in [1.82, 2.24) is 0 Å². The summed E-state index contributed by atoms with van der Waals surface area (Å²) in [7, 11) is 0. The quantitative estimate of drug-likeness (QED) is 0.285. The summed E-state index contributed by atoms with van der Waals surface area (Å²) in [5.74, 6) is 5.36. The second kappa shape index (κ2) is 3.68. The fourth-order valence-corrected chi connectivity index (χ4v) is 1.38. The Morgan fingerprint density at radius 1 is 1.45 bits per heavy atom. The molecule has 1 amide bonds. The van der Waals surface area contributed by atoms with Gasteiger partial charge in [-0.1, -0.05) is 12.1 Å². The molecule has 0 aromatic heterocycles. The van der Waals surface area contributed by atoms with E-state index in [0.29, 0.717) is 6.41 Å². The normalized spacial score (nSPS) is 9.27. The number of nitrogens with two attached hydrogens (primary N) is 1. The van der Waals surface area contributed by atoms with Gasteiger partial charge in [0.2, 0.25) is 6.41 Å². The molecule has 0 fully saturated rings. The van der Waals surface area contributed by atoms with Crippen molar-refractivity contribution in [3.63, 3.8) is 0 Å². The second-order valence-electron chi connectivity index (χ2n) is 1.96. The monoisotopic (exact) mass is 262 g/mol. The van der Waals surface area contributed by atoms with Crippen LogP contribution < -0.4 is 10.9 Å². The number of nitrogens with zero attached hydrogens (tertiary/aromatic N) is 1. The molecule has 0 spiro atoms. The first-order valence-corrected chi connectivity index (χ1v) is 4.07. The van der Waals surface area contributed by atoms with Crippen LogP contribution >= 0.6 is 22.6 Å². The zero-order chi connectivity index (χ0) is 8.27. The highest BCUT2D eigenvalue weighted by molar-refractivity contribution is 14.1. The molecule has 0 aliphatic heterocycles. The van der Waals surface area contributed by atoms with Crippen molar-refractivity contribution in [1.29, 1.82) is 0 Å². The zero-order valence-corrected chi connectivity index (χ0v) is 7.86. The molecule has 0 heterocycles. The minimum absolute atomic E-state index is 0.581. The van der Waals surface area contributed by atoms with Crippen LogP contribution in [0.1, 0.15) is 0 Å². The molecular weight excluding hydrogens is 255 g/mol. The third-order valence-electron chi connectivity index (χ3n) is 1.24. The number of hydrogen-bond donors (Lipinski definition) is 1. The van der Waals surface area contributed by atoms with Crippen molar-refractivity contribution in [2.75, 3.05) is 5.01 Å². The molecule has 0 saturated carbocycles. The third-order valence-corrected chi connectivity index (χ3v) is 2.16. The minimum atomic E-state index is 0.581. The van der Waals surface area contributed by atoms with Crippen molar-refractivity contribution < 1.29 is 4.79 Å². The van der Waals surface area contributed by atoms with E-state index in [9.17, 15) is 4.79 Å². The number of halogens is 1. The summed E-state index contributed by atoms with van der Waals surface area (Å²) in [6.45, 7) is 0. The van der Waals surface area contributed by atoms with E-state index in [0.717, 1.165) is 14.3 Å². The van der Waals surface area contributed by atoms with E-state index in [1.807, 2.05) is 18.2 Å². The Bertz CT molecular complexity index is 264. The van der Waals surface area contributed by atoms with Gasteiger partial charge in [-0.3, -0.25) is 4.79 Å². The Morgan fingerprint density at radius 3 is 2.64 bits per heavy atom. The van der Waals surface area contributed by atoms with E-state index in [2.05, 4.69) is 22.6 Å². The first kappa shape index (κ1) is 8.48. The summed E-state index contributed by atoms with van der Waals surface area (Å²) in [5.41, 5.74) is 0.725. The summed E-state index contributed by atoms with van der Waals surface area (Å²) in [5, 5.41) is 1.06. The topological polar surface area (TPSA) is 46.3 Å². The molecule has 11 heavy (non-hydrogen) atoms. The van der Waals surface area contributed by atoms with E-state index in [4.69, 9.17) is 5.84 Å². The van der Waals surface area contributed by atoms with E-state index in [-0.39, 0.29) is 0 Å². The van der Waals surface area contributed by atoms with Crippen LogP contribution in [0.3, 0.4) is 0 Å². The second-order valence-corrected chi connectivity index (χ2v) is 3.13. The Kier molecular flexibility index (Phi) is 2.84. The van der Waals surface area contributed by atoms with E-state index in [1.165, 1.54) is 0 Å². The first-order valence-electron chi connectivity index (χ1n) is 2.99. The number of hydrazine groups is 1. The molecule has 1 rings (SSSR count). The van der Waals surface area contributed by atoms with Crippen molar-refractivity contribution >= 4 is 34.7 Å². The highest BCUT2D eigenvalue weighted by atomic mass is 127. The number of benzene rings is 1. The molecular formula is C7H7IN2O. The Hall–Kier alpha value is -0.620. The minimum Gasteiger partial charge on any atom is -0.277 e. The van der Waals surface area contributed by atoms with Gasteiger partial charge >= 0.3 is 0 Å². The number of anilines is 1. The van der Waals surface area contributed by atoms with Crippen molar-refractivity contribution in [2.45, 2.75) is 0 Å². The number of para-hydroxylation sites is 1. The smallest absolute Gasteiger partial charge is 0.228 e. The van der Waals surface area contributed by atoms with Crippen LogP contribution in [0.2, 0.25) is 0 Å². The maximum absolute atomic E-state index is 10.3. The van der Waals surface area contributed by atoms with Crippen molar-refractivity contribution in [2.24, 2.45) is 5.84 Å². The molecule has 1 aromatic carbocycles. The van der Waals surface area contributed by atoms with Gasteiger partial charge in [0.25, 0.3) is 0 Å². The van der Waals surface area contributed by atoms with Crippen molar-refractivity contribution in [3.05, 3.63) is 27.8 Å². The predicted molar refractivity (Wildman–Crippen MR) is 51.9 cm³/mol. The first-order chi connectivity index (χ1) is 5.25. The maximum atomic E-state index is 10.3. The van der Waals surface area contributed by atoms with Crippen LogP contribution in [-0.4, -0.2) is 6.41 Å². The molecule has 0 atom stereocenters. The summed E-state index contributed by atoms with van der Waals surface area (Å²) in [4.78, 5) is 10.3. The number of amides is 1. The molecule has 0 bridgehead atoms. The molecule has 3 nitrogen and oxygen atoms in total. The zero-order valence-electron chi connectivity index (χ0n) is 5.70. The molecule has 1 aromatic rings. The van der Waals surface area contributed by atoms with Gasteiger partial charge in [0, 0.05) is 3.57 Å². The maximum Gasteiger partial charge on any atom is 0.228 e. The van der Waals surface area contributed by atoms with Gasteiger partial charge < -0.3 is 0 Å². The lowest BCUT2D eigenvalue weighted by atomic mass is 10.3. The van der Waals surface area contributed by atoms with Gasteiger partial charge in [0.15, 0.2) is 0 Å². The van der Waals surface area contributed by atoms with Crippen LogP contribution in [-0.2, 0) is 4.79 Å². The molecule has 2 N–H and O–H groups in total. The fourth-order valence-electron chi connectivity index (χ4n) is 0.718. The number of carbonyl (C=O) groups is 1. The van der Waals surface area contributed by atoms with Gasteiger partial charge in [-0.15, -0.1) is 0 Å². The molecule has 4 heteroatoms. The van der Waals surface area contributed by atoms with Crippen molar-refractivity contribution in [3.8, 4) is 0 Å². The Morgan fingerprint density at radius 2 is 2.09 bits per heavy atom. The van der Waals surface area contributed by atoms with Crippen LogP contribution in [0.25, 0.3) is 0 Å². The predicted octanol–water partition coefficient (Wildman–Crippen LogP) is 1.13. The molecule has 0 aliphatic carbocycles. The Balaban J connectivity index is 3.02. The lowest BCUT2D eigenvalue weighted by molar-refractivity contribution is -0.107. The molecule has 0 aliphatic rings. The largest absolute Gasteiger partial charge is 0.277 e. The van der Waals surface area contributed by atoms with E-state index < -0.39 is 0 Å². The Labute approximate surface area is 78.3 Å². The average Bonchev–Trinajstić information content (AvgIpc) is 2.04. The lowest BCUT2D eigenvalue weighted by Gasteiger charge is -2.10. The van der Waals surface area contributed by atoms with Crippen LogP contribution in [0, 0.1) is 3.57 Å². The van der Waals surface area contributed by atoms with E-state index in [1.54, 1.807) is 6.07 Å². The molecule has 0 unspecified atom stereocenters. The number of rotatable bonds is 2. The van der Waals surface area contributed by atoms with Crippen LogP contribution in [0.4, 0.5) is 5.69 Å². The molecule has 0 saturated heterocycles. The number of carbonyl (C=O) groups excluding carboxylic acids is 1. The molecule has 58 valence electrons. The summed E-state index contributed by atoms with van der Waals surface area (Å²) in [6.07, 6.45) is 0.581. The highest BCUT2D eigenvalue weighted by Gasteiger charge is 2.01. The SMILES string of the molecule is NN(C=O)c1ccccc1I. The summed E-state index contributed by atoms with van der Waals surface area (Å²) >= 11 is 2.12. The molecule has 0 radical (unpaired) electrons. The van der Waals surface area contributed by atoms with Crippen LogP contribution in [0.15, 0.2) is 24.3 Å². The summed E-state index contributed by atoms with van der Waals surface area (Å²) < 4.78 is 0.958. The standard InChI is InChI=1S/C7H7IN2O/c8-6-3-1-2-4-7(6)10(9)5-11/h1-5H,9H2. The highest BCUT2D eigenvalue weighted by Crippen LogP contribution is 2.18. The van der Waals surface area contributed by atoms with Gasteiger partial charge in [0.1, 0.15) is 0 Å². The van der Waals surface area contributed by atoms with Gasteiger partial charge in [-0.05, 0) is 34.7 Å². The van der Waals surface area contributed by atoms with Gasteiger partial charge in [-0.2, -0.15) is 0 Å². The summed E-state index contributed by atoms with van der Waals surface area (Å²) in [6, 6.07) is 7.40. The lowest BCUT2D eigenvalue weighted by Crippen LogP contribution is -2.29. The average molecular weight is 262 g/mol. The van der Waals surface area contributed by atoms with Gasteiger partial charge in [0.05, 0.1) is 5.69 Å². The number of hydrogen-bond acceptors (Lipinski definition) is 2. The third kappa shape index (κ3) is 1.90.